The van der Waals surface area contributed by atoms with Crippen LogP contribution in [0, 0.1) is 0 Å². The van der Waals surface area contributed by atoms with Gasteiger partial charge in [0, 0.05) is 5.02 Å². The van der Waals surface area contributed by atoms with Crippen molar-refractivity contribution in [2.45, 2.75) is 0 Å². The molecule has 3 N–H and O–H groups in total. The second kappa shape index (κ2) is 7.13. The van der Waals surface area contributed by atoms with Crippen molar-refractivity contribution in [2.75, 3.05) is 29.7 Å². The average Bonchev–Trinajstić information content (AvgIpc) is 2.33. The highest BCUT2D eigenvalue weighted by atomic mass is 35.5. The summed E-state index contributed by atoms with van der Waals surface area (Å²) < 4.78 is 4.46. The first-order valence-corrected chi connectivity index (χ1v) is 6.55. The number of ether oxygens (including phenoxy) is 1. The first kappa shape index (κ1) is 14.7. The van der Waals surface area contributed by atoms with Crippen molar-refractivity contribution in [3.8, 4) is 0 Å². The van der Waals surface area contributed by atoms with Crippen LogP contribution in [-0.2, 0) is 14.3 Å². The Morgan fingerprint density at radius 2 is 2.17 bits per heavy atom. The number of benzene rings is 1. The number of nitrogens with two attached hydrogens (primary N) is 1. The molecule has 1 aromatic carbocycles. The van der Waals surface area contributed by atoms with Crippen molar-refractivity contribution < 1.29 is 14.3 Å². The molecule has 5 nitrogen and oxygen atoms in total. The predicted molar refractivity (Wildman–Crippen MR) is 73.8 cm³/mol. The molecule has 7 heteroatoms. The first-order chi connectivity index (χ1) is 8.52. The second-order valence-corrected chi connectivity index (χ2v) is 4.77. The van der Waals surface area contributed by atoms with Crippen molar-refractivity contribution in [1.82, 2.24) is 0 Å². The Hall–Kier alpha value is -1.40. The summed E-state index contributed by atoms with van der Waals surface area (Å²) in [6.45, 7) is 0. The third kappa shape index (κ3) is 4.85. The minimum absolute atomic E-state index is 0.134. The van der Waals surface area contributed by atoms with Crippen molar-refractivity contribution in [3.63, 3.8) is 0 Å². The molecular weight excluding hydrogens is 276 g/mol. The molecule has 0 saturated heterocycles. The minimum Gasteiger partial charge on any atom is -0.468 e. The highest BCUT2D eigenvalue weighted by Crippen LogP contribution is 2.22. The van der Waals surface area contributed by atoms with E-state index in [4.69, 9.17) is 17.3 Å². The monoisotopic (exact) mass is 288 g/mol. The van der Waals surface area contributed by atoms with Gasteiger partial charge in [0.1, 0.15) is 0 Å². The van der Waals surface area contributed by atoms with Gasteiger partial charge in [0.2, 0.25) is 5.91 Å². The summed E-state index contributed by atoms with van der Waals surface area (Å²) in [5.41, 5.74) is 6.58. The molecule has 98 valence electrons. The second-order valence-electron chi connectivity index (χ2n) is 3.35. The van der Waals surface area contributed by atoms with Gasteiger partial charge in [0.05, 0.1) is 30.0 Å². The van der Waals surface area contributed by atoms with Crippen molar-refractivity contribution in [3.05, 3.63) is 23.2 Å². The van der Waals surface area contributed by atoms with Gasteiger partial charge in [-0.05, 0) is 18.2 Å². The first-order valence-electron chi connectivity index (χ1n) is 5.02. The Morgan fingerprint density at radius 3 is 2.83 bits per heavy atom. The number of esters is 1. The van der Waals surface area contributed by atoms with Crippen LogP contribution in [0.5, 0.6) is 0 Å². The van der Waals surface area contributed by atoms with Crippen LogP contribution in [0.2, 0.25) is 5.02 Å². The highest BCUT2D eigenvalue weighted by Gasteiger charge is 2.08. The fourth-order valence-corrected chi connectivity index (χ4v) is 1.93. The number of hydrogen-bond donors (Lipinski definition) is 2. The molecule has 0 spiro atoms. The van der Waals surface area contributed by atoms with E-state index in [1.165, 1.54) is 7.11 Å². The summed E-state index contributed by atoms with van der Waals surface area (Å²) in [6, 6.07) is 4.82. The molecule has 1 amide bonds. The zero-order chi connectivity index (χ0) is 13.5. The van der Waals surface area contributed by atoms with E-state index in [-0.39, 0.29) is 23.4 Å². The highest BCUT2D eigenvalue weighted by molar-refractivity contribution is 8.00. The number of anilines is 2. The Morgan fingerprint density at radius 1 is 1.44 bits per heavy atom. The molecule has 0 fully saturated rings. The molecule has 1 aromatic rings. The van der Waals surface area contributed by atoms with Gasteiger partial charge >= 0.3 is 5.97 Å². The molecule has 0 bridgehead atoms. The fourth-order valence-electron chi connectivity index (χ4n) is 1.11. The SMILES string of the molecule is COC(=O)CSCC(=O)Nc1cc(Cl)ccc1N. The lowest BCUT2D eigenvalue weighted by Gasteiger charge is -2.08. The fraction of sp³-hybridized carbons (Fsp3) is 0.273. The van der Waals surface area contributed by atoms with Crippen LogP contribution < -0.4 is 11.1 Å². The summed E-state index contributed by atoms with van der Waals surface area (Å²) in [7, 11) is 1.30. The molecule has 0 aliphatic heterocycles. The van der Waals surface area contributed by atoms with E-state index < -0.39 is 0 Å². The lowest BCUT2D eigenvalue weighted by Crippen LogP contribution is -2.16. The number of nitrogens with one attached hydrogen (secondary N) is 1. The van der Waals surface area contributed by atoms with Gasteiger partial charge in [-0.15, -0.1) is 11.8 Å². The smallest absolute Gasteiger partial charge is 0.315 e. The maximum atomic E-state index is 11.6. The van der Waals surface area contributed by atoms with Gasteiger partial charge in [-0.2, -0.15) is 0 Å². The van der Waals surface area contributed by atoms with Crippen LogP contribution in [0.25, 0.3) is 0 Å². The largest absolute Gasteiger partial charge is 0.468 e. The van der Waals surface area contributed by atoms with E-state index in [0.29, 0.717) is 16.4 Å². The van der Waals surface area contributed by atoms with Gasteiger partial charge in [0.15, 0.2) is 0 Å². The van der Waals surface area contributed by atoms with E-state index in [9.17, 15) is 9.59 Å². The summed E-state index contributed by atoms with van der Waals surface area (Å²) in [5.74, 6) is -0.344. The Balaban J connectivity index is 2.44. The van der Waals surface area contributed by atoms with Crippen molar-refractivity contribution >= 4 is 46.6 Å². The molecular formula is C11H13ClN2O3S. The number of carbonyl (C=O) groups is 2. The predicted octanol–water partition coefficient (Wildman–Crippen LogP) is 1.77. The Kier molecular flexibility index (Phi) is 5.80. The summed E-state index contributed by atoms with van der Waals surface area (Å²) in [5, 5.41) is 3.11. The van der Waals surface area contributed by atoms with Crippen LogP contribution in [0.4, 0.5) is 11.4 Å². The van der Waals surface area contributed by atoms with Crippen LogP contribution in [0.1, 0.15) is 0 Å². The number of halogens is 1. The van der Waals surface area contributed by atoms with Gasteiger partial charge < -0.3 is 15.8 Å². The van der Waals surface area contributed by atoms with Crippen LogP contribution in [0.3, 0.4) is 0 Å². The van der Waals surface area contributed by atoms with Crippen LogP contribution >= 0.6 is 23.4 Å². The minimum atomic E-state index is -0.366. The van der Waals surface area contributed by atoms with Crippen LogP contribution in [0.15, 0.2) is 18.2 Å². The van der Waals surface area contributed by atoms with E-state index in [1.54, 1.807) is 18.2 Å². The molecule has 0 aliphatic rings. The Labute approximate surface area is 114 Å². The normalized spacial score (nSPS) is 9.89. The molecule has 1 rings (SSSR count). The molecule has 0 radical (unpaired) electrons. The standard InChI is InChI=1S/C11H13ClN2O3S/c1-17-11(16)6-18-5-10(15)14-9-4-7(12)2-3-8(9)13/h2-4H,5-6,13H2,1H3,(H,14,15). The zero-order valence-corrected chi connectivity index (χ0v) is 11.3. The lowest BCUT2D eigenvalue weighted by molar-refractivity contribution is -0.137. The Bertz CT molecular complexity index is 454. The molecule has 0 aliphatic carbocycles. The molecule has 0 atom stereocenters. The van der Waals surface area contributed by atoms with E-state index >= 15 is 0 Å². The zero-order valence-electron chi connectivity index (χ0n) is 9.73. The number of amides is 1. The maximum Gasteiger partial charge on any atom is 0.315 e. The maximum absolute atomic E-state index is 11.6. The quantitative estimate of drug-likeness (QED) is 0.637. The number of rotatable bonds is 5. The van der Waals surface area contributed by atoms with E-state index in [0.717, 1.165) is 11.8 Å². The van der Waals surface area contributed by atoms with E-state index in [1.807, 2.05) is 0 Å². The van der Waals surface area contributed by atoms with Gasteiger partial charge in [-0.25, -0.2) is 0 Å². The number of hydrogen-bond acceptors (Lipinski definition) is 5. The molecule has 0 heterocycles. The third-order valence-electron chi connectivity index (χ3n) is 1.97. The van der Waals surface area contributed by atoms with Gasteiger partial charge in [0.25, 0.3) is 0 Å². The lowest BCUT2D eigenvalue weighted by atomic mass is 10.2. The van der Waals surface area contributed by atoms with Crippen LogP contribution in [-0.4, -0.2) is 30.5 Å². The number of nitrogen functional groups attached to an aromatic ring is 1. The molecule has 0 aromatic heterocycles. The van der Waals surface area contributed by atoms with Crippen molar-refractivity contribution in [2.24, 2.45) is 0 Å². The topological polar surface area (TPSA) is 81.4 Å². The average molecular weight is 289 g/mol. The third-order valence-corrected chi connectivity index (χ3v) is 3.11. The number of thioether (sulfide) groups is 1. The van der Waals surface area contributed by atoms with Crippen molar-refractivity contribution in [1.29, 1.82) is 0 Å². The summed E-state index contributed by atoms with van der Waals surface area (Å²) in [4.78, 5) is 22.4. The van der Waals surface area contributed by atoms with Gasteiger partial charge in [-0.1, -0.05) is 11.6 Å². The van der Waals surface area contributed by atoms with Gasteiger partial charge in [-0.3, -0.25) is 9.59 Å². The molecule has 0 unspecified atom stereocenters. The number of carbonyl (C=O) groups excluding carboxylic acids is 2. The molecule has 0 saturated carbocycles. The van der Waals surface area contributed by atoms with E-state index in [2.05, 4.69) is 10.1 Å². The summed E-state index contributed by atoms with van der Waals surface area (Å²) >= 11 is 6.95. The summed E-state index contributed by atoms with van der Waals surface area (Å²) in [6.07, 6.45) is 0. The number of methoxy groups -OCH3 is 1. The molecule has 18 heavy (non-hydrogen) atoms.